The fourth-order valence-electron chi connectivity index (χ4n) is 3.03. The van der Waals surface area contributed by atoms with Crippen LogP contribution in [0.1, 0.15) is 28.0 Å². The summed E-state index contributed by atoms with van der Waals surface area (Å²) in [4.78, 5) is 28.6. The van der Waals surface area contributed by atoms with E-state index in [1.165, 1.54) is 6.20 Å². The van der Waals surface area contributed by atoms with Gasteiger partial charge >= 0.3 is 0 Å². The quantitative estimate of drug-likeness (QED) is 0.477. The van der Waals surface area contributed by atoms with Crippen molar-refractivity contribution in [3.8, 4) is 11.5 Å². The van der Waals surface area contributed by atoms with Crippen molar-refractivity contribution in [2.45, 2.75) is 19.3 Å². The first kappa shape index (κ1) is 22.2. The zero-order valence-corrected chi connectivity index (χ0v) is 17.5. The monoisotopic (exact) mass is 418 g/mol. The zero-order valence-electron chi connectivity index (χ0n) is 17.5. The molecule has 6 nitrogen and oxygen atoms in total. The van der Waals surface area contributed by atoms with E-state index in [-0.39, 0.29) is 17.4 Å². The topological polar surface area (TPSA) is 77.5 Å². The van der Waals surface area contributed by atoms with Gasteiger partial charge in [-0.3, -0.25) is 14.6 Å². The Balaban J connectivity index is 1.53. The van der Waals surface area contributed by atoms with E-state index in [1.54, 1.807) is 19.2 Å². The van der Waals surface area contributed by atoms with Crippen molar-refractivity contribution < 1.29 is 19.1 Å². The number of hydrogen-bond donors (Lipinski definition) is 1. The van der Waals surface area contributed by atoms with Gasteiger partial charge in [0.1, 0.15) is 23.0 Å². The van der Waals surface area contributed by atoms with E-state index in [2.05, 4.69) is 10.3 Å². The van der Waals surface area contributed by atoms with E-state index >= 15 is 0 Å². The number of rotatable bonds is 11. The number of aromatic nitrogens is 1. The molecule has 0 saturated carbocycles. The summed E-state index contributed by atoms with van der Waals surface area (Å²) in [5.74, 6) is 1.05. The minimum absolute atomic E-state index is 0.162. The Hall–Kier alpha value is -3.51. The van der Waals surface area contributed by atoms with Crippen molar-refractivity contribution >= 4 is 11.7 Å². The molecule has 0 bridgehead atoms. The van der Waals surface area contributed by atoms with Crippen LogP contribution in [0.2, 0.25) is 0 Å². The molecule has 1 amide bonds. The molecule has 160 valence electrons. The Morgan fingerprint density at radius 1 is 0.903 bits per heavy atom. The van der Waals surface area contributed by atoms with E-state index in [9.17, 15) is 9.59 Å². The number of hydrogen-bond acceptors (Lipinski definition) is 5. The summed E-state index contributed by atoms with van der Waals surface area (Å²) in [7, 11) is 1.62. The number of nitrogens with zero attached hydrogens (tertiary/aromatic N) is 1. The highest BCUT2D eigenvalue weighted by Gasteiger charge is 2.09. The van der Waals surface area contributed by atoms with E-state index in [1.807, 2.05) is 54.6 Å². The first-order valence-corrected chi connectivity index (χ1v) is 10.2. The molecule has 0 saturated heterocycles. The molecule has 31 heavy (non-hydrogen) atoms. The Morgan fingerprint density at radius 3 is 2.32 bits per heavy atom. The second kappa shape index (κ2) is 11.6. The van der Waals surface area contributed by atoms with Crippen LogP contribution in [0.15, 0.2) is 72.9 Å². The Labute approximate surface area is 182 Å². The van der Waals surface area contributed by atoms with Crippen LogP contribution in [0.5, 0.6) is 11.5 Å². The number of amides is 1. The number of Topliss-reactive ketones (excluding diaryl/α,β-unsaturated/α-hetero) is 1. The highest BCUT2D eigenvalue weighted by Crippen LogP contribution is 2.22. The zero-order chi connectivity index (χ0) is 21.9. The number of nitrogens with one attached hydrogen (secondary N) is 1. The summed E-state index contributed by atoms with van der Waals surface area (Å²) in [6.45, 7) is 1.11. The molecule has 0 radical (unpaired) electrons. The molecule has 3 rings (SSSR count). The maximum Gasteiger partial charge on any atom is 0.270 e. The van der Waals surface area contributed by atoms with Gasteiger partial charge in [0.25, 0.3) is 5.91 Å². The standard InChI is InChI=1S/C25H26N2O4/c1-30-15-5-13-27-25(29)24-18-23(12-14-26-24)31-22-10-8-20(9-11-22)17-21(28)16-19-6-3-2-4-7-19/h2-4,6-12,14,18H,5,13,15-17H2,1H3,(H,27,29). The summed E-state index contributed by atoms with van der Waals surface area (Å²) < 4.78 is 10.8. The number of carbonyl (C=O) groups is 2. The van der Waals surface area contributed by atoms with Crippen molar-refractivity contribution in [1.82, 2.24) is 10.3 Å². The van der Waals surface area contributed by atoms with Gasteiger partial charge in [-0.2, -0.15) is 0 Å². The third-order valence-electron chi connectivity index (χ3n) is 4.58. The molecular formula is C25H26N2O4. The van der Waals surface area contributed by atoms with Gasteiger partial charge in [-0.1, -0.05) is 42.5 Å². The number of ether oxygens (including phenoxy) is 2. The molecule has 0 fully saturated rings. The predicted octanol–water partition coefficient (Wildman–Crippen LogP) is 3.99. The van der Waals surface area contributed by atoms with Crippen LogP contribution in [0.25, 0.3) is 0 Å². The smallest absolute Gasteiger partial charge is 0.270 e. The second-order valence-electron chi connectivity index (χ2n) is 7.10. The van der Waals surface area contributed by atoms with Crippen LogP contribution in [0.4, 0.5) is 0 Å². The first-order chi connectivity index (χ1) is 15.1. The van der Waals surface area contributed by atoms with Crippen LogP contribution in [0, 0.1) is 0 Å². The minimum atomic E-state index is -0.256. The van der Waals surface area contributed by atoms with Gasteiger partial charge in [-0.05, 0) is 35.7 Å². The molecule has 1 aromatic heterocycles. The largest absolute Gasteiger partial charge is 0.457 e. The minimum Gasteiger partial charge on any atom is -0.457 e. The SMILES string of the molecule is COCCCNC(=O)c1cc(Oc2ccc(CC(=O)Cc3ccccc3)cc2)ccn1. The van der Waals surface area contributed by atoms with Crippen LogP contribution < -0.4 is 10.1 Å². The van der Waals surface area contributed by atoms with Gasteiger partial charge in [-0.25, -0.2) is 0 Å². The summed E-state index contributed by atoms with van der Waals surface area (Å²) in [6.07, 6.45) is 3.07. The molecule has 2 aromatic carbocycles. The third-order valence-corrected chi connectivity index (χ3v) is 4.58. The normalized spacial score (nSPS) is 10.5. The van der Waals surface area contributed by atoms with Gasteiger partial charge < -0.3 is 14.8 Å². The summed E-state index contributed by atoms with van der Waals surface area (Å²) in [5.41, 5.74) is 2.24. The van der Waals surface area contributed by atoms with E-state index < -0.39 is 0 Å². The van der Waals surface area contributed by atoms with E-state index in [0.29, 0.717) is 37.5 Å². The van der Waals surface area contributed by atoms with E-state index in [0.717, 1.165) is 17.5 Å². The average Bonchev–Trinajstić information content (AvgIpc) is 2.79. The maximum absolute atomic E-state index is 12.3. The lowest BCUT2D eigenvalue weighted by atomic mass is 10.0. The summed E-state index contributed by atoms with van der Waals surface area (Å²) >= 11 is 0. The van der Waals surface area contributed by atoms with Crippen LogP contribution in [-0.4, -0.2) is 36.9 Å². The third kappa shape index (κ3) is 7.35. The van der Waals surface area contributed by atoms with Gasteiger partial charge in [0.2, 0.25) is 0 Å². The van der Waals surface area contributed by atoms with Gasteiger partial charge in [0.05, 0.1) is 0 Å². The highest BCUT2D eigenvalue weighted by atomic mass is 16.5. The second-order valence-corrected chi connectivity index (χ2v) is 7.10. The number of carbonyl (C=O) groups excluding carboxylic acids is 2. The lowest BCUT2D eigenvalue weighted by Crippen LogP contribution is -2.26. The number of benzene rings is 2. The maximum atomic E-state index is 12.3. The molecule has 1 N–H and O–H groups in total. The van der Waals surface area contributed by atoms with Gasteiger partial charge in [0, 0.05) is 45.4 Å². The summed E-state index contributed by atoms with van der Waals surface area (Å²) in [5, 5.41) is 2.80. The van der Waals surface area contributed by atoms with Crippen LogP contribution >= 0.6 is 0 Å². The average molecular weight is 418 g/mol. The Bertz CT molecular complexity index is 988. The lowest BCUT2D eigenvalue weighted by Gasteiger charge is -2.09. The Morgan fingerprint density at radius 2 is 1.61 bits per heavy atom. The van der Waals surface area contributed by atoms with Crippen molar-refractivity contribution in [3.63, 3.8) is 0 Å². The molecule has 0 spiro atoms. The van der Waals surface area contributed by atoms with E-state index in [4.69, 9.17) is 9.47 Å². The van der Waals surface area contributed by atoms with Crippen molar-refractivity contribution in [2.24, 2.45) is 0 Å². The van der Waals surface area contributed by atoms with Crippen LogP contribution in [0.3, 0.4) is 0 Å². The van der Waals surface area contributed by atoms with Crippen molar-refractivity contribution in [2.75, 3.05) is 20.3 Å². The molecule has 0 unspecified atom stereocenters. The van der Waals surface area contributed by atoms with Crippen LogP contribution in [-0.2, 0) is 22.4 Å². The fraction of sp³-hybridized carbons (Fsp3) is 0.240. The predicted molar refractivity (Wildman–Crippen MR) is 118 cm³/mol. The van der Waals surface area contributed by atoms with Crippen molar-refractivity contribution in [3.05, 3.63) is 89.7 Å². The molecule has 1 heterocycles. The molecule has 0 atom stereocenters. The number of methoxy groups -OCH3 is 1. The Kier molecular flexibility index (Phi) is 8.31. The molecular weight excluding hydrogens is 392 g/mol. The molecule has 0 aliphatic rings. The first-order valence-electron chi connectivity index (χ1n) is 10.2. The molecule has 0 aliphatic heterocycles. The fourth-order valence-corrected chi connectivity index (χ4v) is 3.03. The molecule has 3 aromatic rings. The molecule has 0 aliphatic carbocycles. The summed E-state index contributed by atoms with van der Waals surface area (Å²) in [6, 6.07) is 20.4. The van der Waals surface area contributed by atoms with Gasteiger partial charge in [0.15, 0.2) is 0 Å². The number of ketones is 1. The molecule has 6 heteroatoms. The highest BCUT2D eigenvalue weighted by molar-refractivity contribution is 5.92. The van der Waals surface area contributed by atoms with Gasteiger partial charge in [-0.15, -0.1) is 0 Å². The number of pyridine rings is 1. The van der Waals surface area contributed by atoms with Crippen molar-refractivity contribution in [1.29, 1.82) is 0 Å². The lowest BCUT2D eigenvalue weighted by molar-refractivity contribution is -0.117.